The number of likely N-dealkylation sites (tertiary alicyclic amines) is 1. The second-order valence-corrected chi connectivity index (χ2v) is 5.65. The van der Waals surface area contributed by atoms with Crippen molar-refractivity contribution in [2.45, 2.75) is 25.0 Å². The van der Waals surface area contributed by atoms with Crippen molar-refractivity contribution in [3.05, 3.63) is 0 Å². The van der Waals surface area contributed by atoms with Crippen LogP contribution in [-0.2, 0) is 19.1 Å². The van der Waals surface area contributed by atoms with Crippen LogP contribution in [0.3, 0.4) is 0 Å². The molecule has 18 heavy (non-hydrogen) atoms. The molecule has 0 aromatic carbocycles. The summed E-state index contributed by atoms with van der Waals surface area (Å²) in [6, 6.07) is 0. The second kappa shape index (κ2) is 3.12. The van der Waals surface area contributed by atoms with Gasteiger partial charge in [-0.25, -0.2) is 0 Å². The topological polar surface area (TPSA) is 87.2 Å². The van der Waals surface area contributed by atoms with Crippen LogP contribution in [0.4, 0.5) is 0 Å². The minimum Gasteiger partial charge on any atom is -0.481 e. The van der Waals surface area contributed by atoms with Crippen molar-refractivity contribution < 1.29 is 24.2 Å². The Kier molecular flexibility index (Phi) is 1.82. The van der Waals surface area contributed by atoms with E-state index >= 15 is 0 Å². The third-order valence-electron chi connectivity index (χ3n) is 4.91. The Hall–Kier alpha value is -1.43. The number of hydrogen-bond acceptors (Lipinski definition) is 4. The molecule has 0 radical (unpaired) electrons. The number of carbonyl (C=O) groups excluding carboxylic acids is 2. The fraction of sp³-hybridized carbons (Fsp3) is 0.750. The quantitative estimate of drug-likeness (QED) is 0.538. The van der Waals surface area contributed by atoms with Gasteiger partial charge in [0.1, 0.15) is 0 Å². The minimum atomic E-state index is -0.984. The predicted octanol–water partition coefficient (Wildman–Crippen LogP) is -0.521. The molecule has 96 valence electrons. The number of amides is 2. The number of carbonyl (C=O) groups is 3. The summed E-state index contributed by atoms with van der Waals surface area (Å²) >= 11 is 0. The highest BCUT2D eigenvalue weighted by Crippen LogP contribution is 2.63. The maximum absolute atomic E-state index is 12.2. The van der Waals surface area contributed by atoms with Gasteiger partial charge in [0, 0.05) is 18.4 Å². The van der Waals surface area contributed by atoms with E-state index in [1.807, 2.05) is 0 Å². The van der Waals surface area contributed by atoms with E-state index in [4.69, 9.17) is 9.84 Å². The molecule has 2 saturated heterocycles. The monoisotopic (exact) mass is 251 g/mol. The number of epoxide rings is 1. The molecule has 4 fully saturated rings. The van der Waals surface area contributed by atoms with Crippen LogP contribution < -0.4 is 0 Å². The number of imide groups is 1. The highest BCUT2D eigenvalue weighted by molar-refractivity contribution is 6.06. The average Bonchev–Trinajstić information content (AvgIpc) is 2.84. The van der Waals surface area contributed by atoms with Gasteiger partial charge in [-0.2, -0.15) is 0 Å². The van der Waals surface area contributed by atoms with Gasteiger partial charge in [0.05, 0.1) is 30.5 Å². The van der Waals surface area contributed by atoms with Gasteiger partial charge >= 0.3 is 5.97 Å². The van der Waals surface area contributed by atoms with Crippen LogP contribution in [0.5, 0.6) is 0 Å². The van der Waals surface area contributed by atoms with Crippen molar-refractivity contribution in [1.82, 2.24) is 4.90 Å². The lowest BCUT2D eigenvalue weighted by Gasteiger charge is -2.16. The highest BCUT2D eigenvalue weighted by Gasteiger charge is 2.73. The fourth-order valence-corrected chi connectivity index (χ4v) is 4.21. The Morgan fingerprint density at radius 1 is 1.22 bits per heavy atom. The molecule has 2 saturated carbocycles. The molecule has 0 aromatic heterocycles. The largest absolute Gasteiger partial charge is 0.481 e. The van der Waals surface area contributed by atoms with Crippen molar-refractivity contribution in [2.24, 2.45) is 23.7 Å². The van der Waals surface area contributed by atoms with Crippen molar-refractivity contribution in [3.63, 3.8) is 0 Å². The first-order valence-corrected chi connectivity index (χ1v) is 6.32. The summed E-state index contributed by atoms with van der Waals surface area (Å²) in [7, 11) is 0. The van der Waals surface area contributed by atoms with E-state index in [1.54, 1.807) is 0 Å². The molecular formula is C12H13NO5. The first kappa shape index (κ1) is 10.5. The van der Waals surface area contributed by atoms with Gasteiger partial charge in [0.15, 0.2) is 0 Å². The molecule has 4 aliphatic rings. The van der Waals surface area contributed by atoms with Gasteiger partial charge in [0.25, 0.3) is 0 Å². The Morgan fingerprint density at radius 3 is 2.28 bits per heavy atom. The molecule has 2 amide bonds. The van der Waals surface area contributed by atoms with Crippen LogP contribution in [0.15, 0.2) is 0 Å². The van der Waals surface area contributed by atoms with Crippen LogP contribution >= 0.6 is 0 Å². The van der Waals surface area contributed by atoms with Crippen LogP contribution in [0.1, 0.15) is 12.8 Å². The Labute approximate surface area is 103 Å². The summed E-state index contributed by atoms with van der Waals surface area (Å²) < 4.78 is 5.49. The predicted molar refractivity (Wildman–Crippen MR) is 56.2 cm³/mol. The number of rotatable bonds is 3. The maximum atomic E-state index is 12.2. The van der Waals surface area contributed by atoms with Crippen molar-refractivity contribution in [2.75, 3.05) is 6.54 Å². The van der Waals surface area contributed by atoms with E-state index in [9.17, 15) is 14.4 Å². The number of nitrogens with zero attached hydrogens (tertiary/aromatic N) is 1. The first-order chi connectivity index (χ1) is 8.59. The number of fused-ring (bicyclic) bond motifs is 8. The van der Waals surface area contributed by atoms with E-state index in [-0.39, 0.29) is 60.7 Å². The van der Waals surface area contributed by atoms with Crippen LogP contribution in [0.25, 0.3) is 0 Å². The Morgan fingerprint density at radius 2 is 1.78 bits per heavy atom. The zero-order valence-electron chi connectivity index (χ0n) is 9.61. The lowest BCUT2D eigenvalue weighted by atomic mass is 9.81. The number of carboxylic acids is 1. The van der Waals surface area contributed by atoms with Gasteiger partial charge in [-0.05, 0) is 6.42 Å². The molecule has 6 nitrogen and oxygen atoms in total. The smallest absolute Gasteiger partial charge is 0.305 e. The molecule has 2 aliphatic carbocycles. The number of hydrogen-bond donors (Lipinski definition) is 1. The first-order valence-electron chi connectivity index (χ1n) is 6.32. The summed E-state index contributed by atoms with van der Waals surface area (Å²) in [6.07, 6.45) is 1.13. The summed E-state index contributed by atoms with van der Waals surface area (Å²) in [5, 5.41) is 8.65. The van der Waals surface area contributed by atoms with Crippen LogP contribution in [0, 0.1) is 23.7 Å². The standard InChI is InChI=1S/C12H13NO5/c14-6(15)1-2-13-11(16)7-4-3-5(8(7)12(13)17)10-9(4)18-10/h4-5,7-10H,1-3H2,(H,14,15). The normalized spacial score (nSPS) is 47.4. The highest BCUT2D eigenvalue weighted by atomic mass is 16.6. The minimum absolute atomic E-state index is 0.00955. The van der Waals surface area contributed by atoms with Crippen molar-refractivity contribution in [3.8, 4) is 0 Å². The Balaban J connectivity index is 1.58. The zero-order chi connectivity index (χ0) is 12.6. The van der Waals surface area contributed by atoms with Gasteiger partial charge in [-0.15, -0.1) is 0 Å². The van der Waals surface area contributed by atoms with E-state index in [2.05, 4.69) is 0 Å². The van der Waals surface area contributed by atoms with Gasteiger partial charge < -0.3 is 9.84 Å². The van der Waals surface area contributed by atoms with Crippen LogP contribution in [0.2, 0.25) is 0 Å². The summed E-state index contributed by atoms with van der Waals surface area (Å²) in [4.78, 5) is 36.1. The van der Waals surface area contributed by atoms with Gasteiger partial charge in [-0.3, -0.25) is 19.3 Å². The molecule has 2 heterocycles. The van der Waals surface area contributed by atoms with Gasteiger partial charge in [-0.1, -0.05) is 0 Å². The maximum Gasteiger partial charge on any atom is 0.305 e. The third kappa shape index (κ3) is 1.09. The molecule has 6 atom stereocenters. The summed E-state index contributed by atoms with van der Waals surface area (Å²) in [5.74, 6) is -1.42. The van der Waals surface area contributed by atoms with E-state index in [0.29, 0.717) is 0 Å². The second-order valence-electron chi connectivity index (χ2n) is 5.65. The zero-order valence-corrected chi connectivity index (χ0v) is 9.61. The Bertz CT molecular complexity index is 443. The van der Waals surface area contributed by atoms with Gasteiger partial charge in [0.2, 0.25) is 11.8 Å². The van der Waals surface area contributed by atoms with E-state index < -0.39 is 5.97 Å². The number of ether oxygens (including phenoxy) is 1. The van der Waals surface area contributed by atoms with Crippen molar-refractivity contribution in [1.29, 1.82) is 0 Å². The van der Waals surface area contributed by atoms with E-state index in [1.165, 1.54) is 0 Å². The number of carboxylic acid groups (broad SMARTS) is 1. The lowest BCUT2D eigenvalue weighted by molar-refractivity contribution is -0.143. The molecule has 2 bridgehead atoms. The summed E-state index contributed by atoms with van der Waals surface area (Å²) in [5.41, 5.74) is 0. The lowest BCUT2D eigenvalue weighted by Crippen LogP contribution is -2.35. The molecule has 4 rings (SSSR count). The molecule has 0 spiro atoms. The molecule has 6 heteroatoms. The fourth-order valence-electron chi connectivity index (χ4n) is 4.21. The van der Waals surface area contributed by atoms with E-state index in [0.717, 1.165) is 11.3 Å². The molecule has 1 N–H and O–H groups in total. The molecular weight excluding hydrogens is 238 g/mol. The third-order valence-corrected chi connectivity index (χ3v) is 4.91. The number of aliphatic carboxylic acids is 1. The SMILES string of the molecule is O=C(O)CCN1C(=O)C2C3CC(C4OC34)C2C1=O. The van der Waals surface area contributed by atoms with Crippen LogP contribution in [-0.4, -0.2) is 46.5 Å². The molecule has 6 unspecified atom stereocenters. The summed E-state index contributed by atoms with van der Waals surface area (Å²) in [6.45, 7) is 0.00955. The van der Waals surface area contributed by atoms with Crippen molar-refractivity contribution >= 4 is 17.8 Å². The molecule has 2 aliphatic heterocycles. The molecule has 0 aromatic rings. The average molecular weight is 251 g/mol.